The summed E-state index contributed by atoms with van der Waals surface area (Å²) in [6.45, 7) is 16.0. The Morgan fingerprint density at radius 3 is 1.80 bits per heavy atom. The number of rotatable bonds is 8. The second-order valence-electron chi connectivity index (χ2n) is 16.0. The Labute approximate surface area is 314 Å². The highest BCUT2D eigenvalue weighted by Gasteiger charge is 2.75. The van der Waals surface area contributed by atoms with E-state index in [2.05, 4.69) is 0 Å². The molecule has 0 aromatic rings. The number of hydrogen-bond acceptors (Lipinski definition) is 16. The maximum Gasteiger partial charge on any atom is 0.309 e. The average molecular weight is 767 g/mol. The number of carbonyl (C=O) groups is 8. The summed E-state index contributed by atoms with van der Waals surface area (Å²) in [6, 6.07) is 0. The van der Waals surface area contributed by atoms with E-state index in [1.54, 1.807) is 13.8 Å². The van der Waals surface area contributed by atoms with Gasteiger partial charge in [0.25, 0.3) is 0 Å². The van der Waals surface area contributed by atoms with E-state index in [0.717, 1.165) is 27.7 Å². The summed E-state index contributed by atoms with van der Waals surface area (Å²) in [4.78, 5) is 108. The lowest BCUT2D eigenvalue weighted by molar-refractivity contribution is -0.274. The zero-order valence-corrected chi connectivity index (χ0v) is 33.0. The van der Waals surface area contributed by atoms with Crippen molar-refractivity contribution in [1.29, 1.82) is 0 Å². The number of hydrogen-bond donors (Lipinski definition) is 1. The van der Waals surface area contributed by atoms with Gasteiger partial charge in [-0.05, 0) is 6.92 Å². The fraction of sp³-hybridized carbons (Fsp3) is 0.737. The summed E-state index contributed by atoms with van der Waals surface area (Å²) in [7, 11) is 0. The highest BCUT2D eigenvalue weighted by molar-refractivity contribution is 5.94. The smallest absolute Gasteiger partial charge is 0.309 e. The van der Waals surface area contributed by atoms with Crippen molar-refractivity contribution in [1.82, 2.24) is 0 Å². The second kappa shape index (κ2) is 16.2. The average Bonchev–Trinajstić information content (AvgIpc) is 3.24. The van der Waals surface area contributed by atoms with Gasteiger partial charge in [-0.25, -0.2) is 0 Å². The zero-order chi connectivity index (χ0) is 41.3. The Morgan fingerprint density at radius 2 is 1.30 bits per heavy atom. The van der Waals surface area contributed by atoms with E-state index in [9.17, 15) is 43.5 Å². The van der Waals surface area contributed by atoms with Crippen LogP contribution < -0.4 is 0 Å². The molecule has 3 aliphatic rings. The van der Waals surface area contributed by atoms with Crippen molar-refractivity contribution < 1.29 is 76.6 Å². The highest BCUT2D eigenvalue weighted by Crippen LogP contribution is 2.56. The van der Waals surface area contributed by atoms with E-state index in [0.29, 0.717) is 0 Å². The Balaban J connectivity index is 2.74. The van der Waals surface area contributed by atoms with Crippen LogP contribution in [0.4, 0.5) is 0 Å². The number of carbonyl (C=O) groups excluding carboxylic acids is 8. The molecule has 2 fully saturated rings. The SMILES string of the molecule is CC(=O)O[C@H]1[C@@H](OC(C)=O)C(C)(C)/C=C/[C@H](C)C(=O)[C@@]2(OC(C)=O)C[C@@](C)(O)[C@H](OC(C)=O)[C@@H]2[C@H]2OC(=O)CC[C@@]2(OC(=O)C(C)C)[C@@H]1OC(=O)C(C)C. The molecular weight excluding hydrogens is 712 g/mol. The first-order valence-electron chi connectivity index (χ1n) is 18.0. The lowest BCUT2D eigenvalue weighted by Gasteiger charge is -2.53. The molecule has 0 amide bonds. The third-order valence-electron chi connectivity index (χ3n) is 10.0. The summed E-state index contributed by atoms with van der Waals surface area (Å²) in [6.07, 6.45) is -8.00. The lowest BCUT2D eigenvalue weighted by atomic mass is 9.66. The van der Waals surface area contributed by atoms with Crippen molar-refractivity contribution in [2.45, 2.75) is 150 Å². The van der Waals surface area contributed by atoms with Crippen molar-refractivity contribution >= 4 is 47.6 Å². The van der Waals surface area contributed by atoms with Crippen LogP contribution in [0, 0.1) is 29.1 Å². The minimum absolute atomic E-state index is 0.502. The number of fused-ring (bicyclic) bond motifs is 3. The fourth-order valence-corrected chi connectivity index (χ4v) is 7.68. The van der Waals surface area contributed by atoms with Crippen molar-refractivity contribution in [3.05, 3.63) is 12.2 Å². The molecule has 16 heteroatoms. The van der Waals surface area contributed by atoms with Gasteiger partial charge in [0.05, 0.1) is 17.8 Å². The molecule has 0 aromatic carbocycles. The highest BCUT2D eigenvalue weighted by atomic mass is 16.7. The fourth-order valence-electron chi connectivity index (χ4n) is 7.68. The van der Waals surface area contributed by atoms with E-state index in [1.807, 2.05) is 0 Å². The predicted molar refractivity (Wildman–Crippen MR) is 184 cm³/mol. The summed E-state index contributed by atoms with van der Waals surface area (Å²) >= 11 is 0. The third kappa shape index (κ3) is 8.95. The van der Waals surface area contributed by atoms with Gasteiger partial charge < -0.3 is 38.3 Å². The summed E-state index contributed by atoms with van der Waals surface area (Å²) < 4.78 is 42.0. The normalized spacial score (nSPS) is 35.5. The van der Waals surface area contributed by atoms with E-state index >= 15 is 0 Å². The molecule has 302 valence electrons. The van der Waals surface area contributed by atoms with Crippen molar-refractivity contribution in [3.63, 3.8) is 0 Å². The van der Waals surface area contributed by atoms with Crippen molar-refractivity contribution in [2.24, 2.45) is 29.1 Å². The molecule has 0 spiro atoms. The van der Waals surface area contributed by atoms with Crippen LogP contribution in [0.2, 0.25) is 0 Å². The van der Waals surface area contributed by atoms with Gasteiger partial charge in [-0.15, -0.1) is 0 Å². The molecule has 2 aliphatic carbocycles. The van der Waals surface area contributed by atoms with Gasteiger partial charge in [-0.3, -0.25) is 38.4 Å². The van der Waals surface area contributed by atoms with Gasteiger partial charge in [0.1, 0.15) is 11.7 Å². The van der Waals surface area contributed by atoms with Crippen LogP contribution in [-0.4, -0.2) is 100.0 Å². The number of esters is 7. The number of ether oxygens (including phenoxy) is 7. The van der Waals surface area contributed by atoms with E-state index < -0.39 is 143 Å². The minimum Gasteiger partial charge on any atom is -0.459 e. The molecule has 10 atom stereocenters. The van der Waals surface area contributed by atoms with Crippen LogP contribution in [0.3, 0.4) is 0 Å². The number of ketones is 1. The third-order valence-corrected chi connectivity index (χ3v) is 10.0. The largest absolute Gasteiger partial charge is 0.459 e. The predicted octanol–water partition coefficient (Wildman–Crippen LogP) is 2.87. The molecule has 1 N–H and O–H groups in total. The molecule has 3 rings (SSSR count). The second-order valence-corrected chi connectivity index (χ2v) is 16.0. The van der Waals surface area contributed by atoms with Gasteiger partial charge in [-0.2, -0.15) is 0 Å². The molecule has 16 nitrogen and oxygen atoms in total. The minimum atomic E-state index is -2.48. The molecule has 1 saturated carbocycles. The maximum absolute atomic E-state index is 15.0. The van der Waals surface area contributed by atoms with E-state index in [1.165, 1.54) is 53.7 Å². The van der Waals surface area contributed by atoms with E-state index in [-0.39, 0.29) is 0 Å². The molecule has 0 radical (unpaired) electrons. The Bertz CT molecular complexity index is 1560. The first kappa shape index (κ1) is 44.1. The molecule has 1 heterocycles. The van der Waals surface area contributed by atoms with Crippen molar-refractivity contribution in [3.8, 4) is 0 Å². The number of aliphatic hydroxyl groups is 1. The van der Waals surface area contributed by atoms with Gasteiger partial charge in [0.2, 0.25) is 0 Å². The maximum atomic E-state index is 15.0. The van der Waals surface area contributed by atoms with Gasteiger partial charge >= 0.3 is 41.8 Å². The Hall–Kier alpha value is -4.34. The molecule has 54 heavy (non-hydrogen) atoms. The Morgan fingerprint density at radius 1 is 0.759 bits per heavy atom. The molecule has 0 bridgehead atoms. The first-order valence-corrected chi connectivity index (χ1v) is 18.0. The monoisotopic (exact) mass is 766 g/mol. The quantitative estimate of drug-likeness (QED) is 0.213. The van der Waals surface area contributed by atoms with Gasteiger partial charge in [0.15, 0.2) is 41.4 Å². The number of Topliss-reactive ketones (excluding diaryl/α,β-unsaturated/α-hetero) is 1. The molecule has 1 aliphatic heterocycles. The van der Waals surface area contributed by atoms with E-state index in [4.69, 9.17) is 33.2 Å². The van der Waals surface area contributed by atoms with Crippen LogP contribution >= 0.6 is 0 Å². The molecule has 1 saturated heterocycles. The van der Waals surface area contributed by atoms with Crippen LogP contribution in [-0.2, 0) is 71.5 Å². The van der Waals surface area contributed by atoms with Crippen LogP contribution in [0.25, 0.3) is 0 Å². The standard InChI is InChI=1S/C38H54O16/c1-18(2)33(45)52-32-27(48-21(6)39)31(50-23(8)41)35(10,11)15-13-20(5)28(44)38(53-24(9)42)17-36(12,47)29(49-22(7)40)26(38)30-37(32,16-14-25(43)51-30)54-34(46)19(3)4/h13,15,18-20,26-27,29-32,47H,14,16-17H2,1-12H3/b15-13+/t20-,26+,27-,29+,30+,31+,32+,36+,37-,38+/m0/s1. The summed E-state index contributed by atoms with van der Waals surface area (Å²) in [5, 5.41) is 12.0. The molecular formula is C38H54O16. The van der Waals surface area contributed by atoms with Gasteiger partial charge in [0, 0.05) is 58.3 Å². The van der Waals surface area contributed by atoms with Crippen LogP contribution in [0.1, 0.15) is 102 Å². The molecule has 0 aromatic heterocycles. The molecule has 0 unspecified atom stereocenters. The van der Waals surface area contributed by atoms with Gasteiger partial charge in [-0.1, -0.05) is 60.6 Å². The summed E-state index contributed by atoms with van der Waals surface area (Å²) in [5.41, 5.74) is -8.49. The van der Waals surface area contributed by atoms with Crippen molar-refractivity contribution in [2.75, 3.05) is 0 Å². The van der Waals surface area contributed by atoms with Crippen LogP contribution in [0.15, 0.2) is 12.2 Å². The first-order chi connectivity index (χ1) is 24.7. The zero-order valence-electron chi connectivity index (χ0n) is 33.0. The topological polar surface area (TPSA) is 221 Å². The Kier molecular flexibility index (Phi) is 13.2. The van der Waals surface area contributed by atoms with Crippen LogP contribution in [0.5, 0.6) is 0 Å². The number of allylic oxidation sites excluding steroid dienone is 1. The lowest BCUT2D eigenvalue weighted by Crippen LogP contribution is -2.72. The summed E-state index contributed by atoms with van der Waals surface area (Å²) in [5.74, 6) is -12.1.